The number of fused-ring (bicyclic) bond motifs is 1. The van der Waals surface area contributed by atoms with Gasteiger partial charge < -0.3 is 11.1 Å². The van der Waals surface area contributed by atoms with Crippen LogP contribution in [0.4, 0.5) is 0 Å². The van der Waals surface area contributed by atoms with Crippen LogP contribution in [0, 0.1) is 5.92 Å². The van der Waals surface area contributed by atoms with Gasteiger partial charge in [0.15, 0.2) is 0 Å². The van der Waals surface area contributed by atoms with Crippen LogP contribution in [0.2, 0.25) is 0 Å². The standard InChI is InChI=1S/C21H21N3O3/c22-11-18(14-6-7-14)23-19(25)15-8-9-16-17(10-15)21(27)24(20(16)26)12-13-4-2-1-3-5-13/h1-5,8-10,14,18H,6-7,11-12,22H2,(H,23,25). The van der Waals surface area contributed by atoms with Crippen molar-refractivity contribution in [3.63, 3.8) is 0 Å². The highest BCUT2D eigenvalue weighted by Crippen LogP contribution is 2.32. The van der Waals surface area contributed by atoms with Gasteiger partial charge in [0.1, 0.15) is 0 Å². The monoisotopic (exact) mass is 363 g/mol. The summed E-state index contributed by atoms with van der Waals surface area (Å²) < 4.78 is 0. The van der Waals surface area contributed by atoms with Gasteiger partial charge in [-0.2, -0.15) is 0 Å². The molecule has 0 spiro atoms. The quantitative estimate of drug-likeness (QED) is 0.767. The molecule has 6 heteroatoms. The number of nitrogens with one attached hydrogen (secondary N) is 1. The molecule has 1 aliphatic carbocycles. The van der Waals surface area contributed by atoms with E-state index in [0.717, 1.165) is 18.4 Å². The molecule has 2 aromatic carbocycles. The molecule has 3 N–H and O–H groups in total. The topological polar surface area (TPSA) is 92.5 Å². The highest BCUT2D eigenvalue weighted by molar-refractivity contribution is 6.22. The van der Waals surface area contributed by atoms with E-state index in [1.54, 1.807) is 12.1 Å². The highest BCUT2D eigenvalue weighted by Gasteiger charge is 2.36. The normalized spacial score (nSPS) is 17.0. The first-order valence-electron chi connectivity index (χ1n) is 9.13. The maximum atomic E-state index is 12.7. The lowest BCUT2D eigenvalue weighted by atomic mass is 10.0. The Kier molecular flexibility index (Phi) is 4.49. The summed E-state index contributed by atoms with van der Waals surface area (Å²) in [5.41, 5.74) is 7.60. The molecule has 1 unspecified atom stereocenters. The highest BCUT2D eigenvalue weighted by atomic mass is 16.2. The summed E-state index contributed by atoms with van der Waals surface area (Å²) in [7, 11) is 0. The Balaban J connectivity index is 1.54. The van der Waals surface area contributed by atoms with Crippen molar-refractivity contribution in [2.24, 2.45) is 11.7 Å². The Morgan fingerprint density at radius 1 is 1.07 bits per heavy atom. The van der Waals surface area contributed by atoms with Crippen molar-refractivity contribution >= 4 is 17.7 Å². The van der Waals surface area contributed by atoms with Crippen LogP contribution in [0.3, 0.4) is 0 Å². The largest absolute Gasteiger partial charge is 0.348 e. The minimum absolute atomic E-state index is 0.0438. The third-order valence-corrected chi connectivity index (χ3v) is 5.18. The summed E-state index contributed by atoms with van der Waals surface area (Å²) in [4.78, 5) is 39.1. The molecule has 6 nitrogen and oxygen atoms in total. The number of nitrogens with zero attached hydrogens (tertiary/aromatic N) is 1. The first kappa shape index (κ1) is 17.4. The summed E-state index contributed by atoms with van der Waals surface area (Å²) in [5, 5.41) is 2.94. The van der Waals surface area contributed by atoms with Crippen molar-refractivity contribution < 1.29 is 14.4 Å². The van der Waals surface area contributed by atoms with E-state index in [-0.39, 0.29) is 35.9 Å². The fourth-order valence-electron chi connectivity index (χ4n) is 3.46. The zero-order chi connectivity index (χ0) is 19.0. The fourth-order valence-corrected chi connectivity index (χ4v) is 3.46. The number of imide groups is 1. The molecule has 3 amide bonds. The first-order valence-corrected chi connectivity index (χ1v) is 9.13. The van der Waals surface area contributed by atoms with Crippen molar-refractivity contribution in [3.05, 3.63) is 70.8 Å². The van der Waals surface area contributed by atoms with Crippen molar-refractivity contribution in [2.45, 2.75) is 25.4 Å². The molecule has 0 saturated heterocycles. The fraction of sp³-hybridized carbons (Fsp3) is 0.286. The second-order valence-corrected chi connectivity index (χ2v) is 7.10. The van der Waals surface area contributed by atoms with Crippen molar-refractivity contribution in [3.8, 4) is 0 Å². The van der Waals surface area contributed by atoms with Gasteiger partial charge in [0.05, 0.1) is 17.7 Å². The van der Waals surface area contributed by atoms with Crippen LogP contribution in [-0.4, -0.2) is 35.2 Å². The van der Waals surface area contributed by atoms with E-state index >= 15 is 0 Å². The number of benzene rings is 2. The van der Waals surface area contributed by atoms with Gasteiger partial charge in [-0.3, -0.25) is 19.3 Å². The number of carbonyl (C=O) groups is 3. The Hall–Kier alpha value is -2.99. The maximum absolute atomic E-state index is 12.7. The molecule has 2 aromatic rings. The predicted molar refractivity (Wildman–Crippen MR) is 100 cm³/mol. The van der Waals surface area contributed by atoms with Gasteiger partial charge >= 0.3 is 0 Å². The van der Waals surface area contributed by atoms with E-state index in [2.05, 4.69) is 5.32 Å². The number of rotatable bonds is 6. The van der Waals surface area contributed by atoms with Gasteiger partial charge in [0.2, 0.25) is 0 Å². The Bertz CT molecular complexity index is 906. The molecule has 0 radical (unpaired) electrons. The first-order chi connectivity index (χ1) is 13.1. The minimum Gasteiger partial charge on any atom is -0.348 e. The molecule has 2 aliphatic rings. The summed E-state index contributed by atoms with van der Waals surface area (Å²) in [6.45, 7) is 0.606. The van der Waals surface area contributed by atoms with Crippen LogP contribution in [-0.2, 0) is 6.54 Å². The number of hydrogen-bond acceptors (Lipinski definition) is 4. The van der Waals surface area contributed by atoms with Crippen molar-refractivity contribution in [1.29, 1.82) is 0 Å². The smallest absolute Gasteiger partial charge is 0.261 e. The van der Waals surface area contributed by atoms with Crippen LogP contribution in [0.5, 0.6) is 0 Å². The molecule has 0 bridgehead atoms. The lowest BCUT2D eigenvalue weighted by molar-refractivity contribution is 0.0642. The molecule has 138 valence electrons. The van der Waals surface area contributed by atoms with Gasteiger partial charge in [0.25, 0.3) is 17.7 Å². The lowest BCUT2D eigenvalue weighted by Gasteiger charge is -2.16. The molecule has 1 heterocycles. The van der Waals surface area contributed by atoms with Crippen LogP contribution < -0.4 is 11.1 Å². The van der Waals surface area contributed by atoms with E-state index in [0.29, 0.717) is 23.6 Å². The second-order valence-electron chi connectivity index (χ2n) is 7.10. The van der Waals surface area contributed by atoms with E-state index in [4.69, 9.17) is 5.73 Å². The Labute approximate surface area is 157 Å². The summed E-state index contributed by atoms with van der Waals surface area (Å²) in [5.74, 6) is -0.519. The molecule has 1 aliphatic heterocycles. The Morgan fingerprint density at radius 2 is 1.78 bits per heavy atom. The molecule has 1 fully saturated rings. The summed E-state index contributed by atoms with van der Waals surface area (Å²) >= 11 is 0. The SMILES string of the molecule is NCC(NC(=O)c1ccc2c(c1)C(=O)N(Cc1ccccc1)C2=O)C1CC1. The van der Waals surface area contributed by atoms with Crippen LogP contribution in [0.25, 0.3) is 0 Å². The summed E-state index contributed by atoms with van der Waals surface area (Å²) in [6, 6.07) is 14.0. The number of hydrogen-bond donors (Lipinski definition) is 2. The third-order valence-electron chi connectivity index (χ3n) is 5.18. The van der Waals surface area contributed by atoms with E-state index in [1.807, 2.05) is 30.3 Å². The predicted octanol–water partition coefficient (Wildman–Crippen LogP) is 1.95. The van der Waals surface area contributed by atoms with Crippen LogP contribution in [0.1, 0.15) is 49.5 Å². The van der Waals surface area contributed by atoms with Crippen LogP contribution in [0.15, 0.2) is 48.5 Å². The average Bonchev–Trinajstić information content (AvgIpc) is 3.51. The molecule has 1 atom stereocenters. The minimum atomic E-state index is -0.369. The molecule has 0 aromatic heterocycles. The third kappa shape index (κ3) is 3.36. The molecule has 27 heavy (non-hydrogen) atoms. The lowest BCUT2D eigenvalue weighted by Crippen LogP contribution is -2.41. The van der Waals surface area contributed by atoms with Crippen molar-refractivity contribution in [1.82, 2.24) is 10.2 Å². The number of nitrogens with two attached hydrogens (primary N) is 1. The molecule has 4 rings (SSSR count). The zero-order valence-electron chi connectivity index (χ0n) is 14.9. The number of carbonyl (C=O) groups excluding carboxylic acids is 3. The van der Waals surface area contributed by atoms with Gasteiger partial charge in [-0.25, -0.2) is 0 Å². The summed E-state index contributed by atoms with van der Waals surface area (Å²) in [6.07, 6.45) is 2.15. The van der Waals surface area contributed by atoms with Gasteiger partial charge in [-0.05, 0) is 42.5 Å². The van der Waals surface area contributed by atoms with Crippen molar-refractivity contribution in [2.75, 3.05) is 6.54 Å². The van der Waals surface area contributed by atoms with Gasteiger partial charge in [-0.15, -0.1) is 0 Å². The van der Waals surface area contributed by atoms with Gasteiger partial charge in [-0.1, -0.05) is 30.3 Å². The second kappa shape index (κ2) is 6.96. The average molecular weight is 363 g/mol. The van der Waals surface area contributed by atoms with E-state index in [9.17, 15) is 14.4 Å². The molecule has 1 saturated carbocycles. The number of amides is 3. The van der Waals surface area contributed by atoms with E-state index in [1.165, 1.54) is 11.0 Å². The maximum Gasteiger partial charge on any atom is 0.261 e. The Morgan fingerprint density at radius 3 is 2.44 bits per heavy atom. The molecular weight excluding hydrogens is 342 g/mol. The molecular formula is C21H21N3O3. The zero-order valence-corrected chi connectivity index (χ0v) is 14.9. The van der Waals surface area contributed by atoms with E-state index < -0.39 is 0 Å². The van der Waals surface area contributed by atoms with Crippen LogP contribution >= 0.6 is 0 Å². The van der Waals surface area contributed by atoms with Gasteiger partial charge in [0, 0.05) is 18.2 Å².